The second-order valence-electron chi connectivity index (χ2n) is 3.72. The molecule has 0 radical (unpaired) electrons. The van der Waals surface area contributed by atoms with E-state index >= 15 is 0 Å². The number of carboxylic acid groups (broad SMARTS) is 1. The highest BCUT2D eigenvalue weighted by molar-refractivity contribution is 5.95. The van der Waals surface area contributed by atoms with Crippen LogP contribution >= 0.6 is 0 Å². The number of hydrogen-bond acceptors (Lipinski definition) is 2. The van der Waals surface area contributed by atoms with E-state index in [1.807, 2.05) is 0 Å². The van der Waals surface area contributed by atoms with Crippen LogP contribution < -0.4 is 0 Å². The van der Waals surface area contributed by atoms with Gasteiger partial charge in [0.2, 0.25) is 0 Å². The van der Waals surface area contributed by atoms with Crippen molar-refractivity contribution in [2.24, 2.45) is 4.99 Å². The molecule has 2 rings (SSSR count). The number of carboxylic acids is 1. The van der Waals surface area contributed by atoms with Crippen molar-refractivity contribution in [3.63, 3.8) is 0 Å². The van der Waals surface area contributed by atoms with Gasteiger partial charge >= 0.3 is 5.97 Å². The molecule has 0 saturated carbocycles. The average Bonchev–Trinajstić information content (AvgIpc) is 2.38. The van der Waals surface area contributed by atoms with Crippen molar-refractivity contribution in [2.45, 2.75) is 0 Å². The van der Waals surface area contributed by atoms with Gasteiger partial charge < -0.3 is 5.11 Å². The van der Waals surface area contributed by atoms with Gasteiger partial charge in [-0.05, 0) is 24.3 Å². The van der Waals surface area contributed by atoms with E-state index in [4.69, 9.17) is 5.11 Å². The topological polar surface area (TPSA) is 49.7 Å². The first-order valence-electron chi connectivity index (χ1n) is 5.40. The summed E-state index contributed by atoms with van der Waals surface area (Å²) in [5, 5.41) is 8.95. The van der Waals surface area contributed by atoms with Crippen LogP contribution in [-0.4, -0.2) is 17.3 Å². The molecule has 0 fully saturated rings. The molecule has 5 heteroatoms. The molecule has 96 valence electrons. The quantitative estimate of drug-likeness (QED) is 0.861. The Bertz CT molecular complexity index is 633. The molecule has 0 aliphatic carbocycles. The second-order valence-corrected chi connectivity index (χ2v) is 3.72. The van der Waals surface area contributed by atoms with Gasteiger partial charge in [0.1, 0.15) is 11.6 Å². The van der Waals surface area contributed by atoms with E-state index in [9.17, 15) is 13.6 Å². The van der Waals surface area contributed by atoms with Gasteiger partial charge in [0.05, 0.1) is 16.8 Å². The summed E-state index contributed by atoms with van der Waals surface area (Å²) < 4.78 is 26.7. The predicted octanol–water partition coefficient (Wildman–Crippen LogP) is 3.41. The third kappa shape index (κ3) is 2.82. The van der Waals surface area contributed by atoms with E-state index in [-0.39, 0.29) is 16.8 Å². The van der Waals surface area contributed by atoms with Crippen LogP contribution in [0.1, 0.15) is 15.9 Å². The zero-order chi connectivity index (χ0) is 13.8. The fourth-order valence-corrected chi connectivity index (χ4v) is 1.54. The second kappa shape index (κ2) is 5.39. The van der Waals surface area contributed by atoms with Gasteiger partial charge in [-0.3, -0.25) is 4.99 Å². The van der Waals surface area contributed by atoms with Crippen molar-refractivity contribution in [3.8, 4) is 0 Å². The van der Waals surface area contributed by atoms with Crippen LogP contribution in [0.5, 0.6) is 0 Å². The van der Waals surface area contributed by atoms with Gasteiger partial charge in [-0.25, -0.2) is 13.6 Å². The Morgan fingerprint density at radius 3 is 2.32 bits per heavy atom. The standard InChI is InChI=1S/C14H9F2NO2/c15-11-5-3-6-12(16)10(11)8-17-13-7-2-1-4-9(13)14(18)19/h1-8H,(H,18,19)/b17-8+. The molecule has 0 bridgehead atoms. The monoisotopic (exact) mass is 261 g/mol. The molecule has 0 amide bonds. The Hall–Kier alpha value is -2.56. The minimum Gasteiger partial charge on any atom is -0.478 e. The smallest absolute Gasteiger partial charge is 0.337 e. The third-order valence-electron chi connectivity index (χ3n) is 2.47. The summed E-state index contributed by atoms with van der Waals surface area (Å²) in [6.07, 6.45) is 0.979. The maximum absolute atomic E-state index is 13.4. The Kier molecular flexibility index (Phi) is 3.66. The van der Waals surface area contributed by atoms with E-state index in [2.05, 4.69) is 4.99 Å². The maximum Gasteiger partial charge on any atom is 0.337 e. The van der Waals surface area contributed by atoms with Crippen LogP contribution in [0, 0.1) is 11.6 Å². The zero-order valence-electron chi connectivity index (χ0n) is 9.68. The fraction of sp³-hybridized carbons (Fsp3) is 0. The molecule has 19 heavy (non-hydrogen) atoms. The summed E-state index contributed by atoms with van der Waals surface area (Å²) in [7, 11) is 0. The lowest BCUT2D eigenvalue weighted by Gasteiger charge is -2.01. The highest BCUT2D eigenvalue weighted by Crippen LogP contribution is 2.19. The van der Waals surface area contributed by atoms with Gasteiger partial charge in [-0.15, -0.1) is 0 Å². The summed E-state index contributed by atoms with van der Waals surface area (Å²) in [4.78, 5) is 14.8. The first kappa shape index (κ1) is 12.9. The Morgan fingerprint density at radius 2 is 1.68 bits per heavy atom. The van der Waals surface area contributed by atoms with Crippen molar-refractivity contribution in [3.05, 3.63) is 65.2 Å². The number of benzene rings is 2. The largest absolute Gasteiger partial charge is 0.478 e. The van der Waals surface area contributed by atoms with Gasteiger partial charge in [0, 0.05) is 6.21 Å². The molecule has 0 unspecified atom stereocenters. The van der Waals surface area contributed by atoms with E-state index < -0.39 is 17.6 Å². The molecule has 2 aromatic rings. The van der Waals surface area contributed by atoms with Crippen LogP contribution in [0.3, 0.4) is 0 Å². The SMILES string of the molecule is O=C(O)c1ccccc1/N=C/c1c(F)cccc1F. The van der Waals surface area contributed by atoms with E-state index in [1.165, 1.54) is 18.2 Å². The van der Waals surface area contributed by atoms with E-state index in [0.717, 1.165) is 18.3 Å². The average molecular weight is 261 g/mol. The van der Waals surface area contributed by atoms with Gasteiger partial charge in [-0.1, -0.05) is 18.2 Å². The van der Waals surface area contributed by atoms with Crippen molar-refractivity contribution < 1.29 is 18.7 Å². The minimum atomic E-state index is -1.15. The molecule has 0 aliphatic heterocycles. The zero-order valence-corrected chi connectivity index (χ0v) is 9.68. The van der Waals surface area contributed by atoms with Crippen molar-refractivity contribution in [2.75, 3.05) is 0 Å². The number of nitrogens with zero attached hydrogens (tertiary/aromatic N) is 1. The molecule has 0 aromatic heterocycles. The lowest BCUT2D eigenvalue weighted by atomic mass is 10.2. The van der Waals surface area contributed by atoms with Gasteiger partial charge in [0.15, 0.2) is 0 Å². The van der Waals surface area contributed by atoms with Crippen LogP contribution in [-0.2, 0) is 0 Å². The molecule has 3 nitrogen and oxygen atoms in total. The molecule has 1 N–H and O–H groups in total. The lowest BCUT2D eigenvalue weighted by Crippen LogP contribution is -1.97. The fourth-order valence-electron chi connectivity index (χ4n) is 1.54. The first-order chi connectivity index (χ1) is 9.09. The number of aromatic carboxylic acids is 1. The maximum atomic E-state index is 13.4. The summed E-state index contributed by atoms with van der Waals surface area (Å²) >= 11 is 0. The van der Waals surface area contributed by atoms with Crippen LogP contribution in [0.25, 0.3) is 0 Å². The number of halogens is 2. The number of carbonyl (C=O) groups is 1. The number of rotatable bonds is 3. The summed E-state index contributed by atoms with van der Waals surface area (Å²) in [5.41, 5.74) is -0.198. The van der Waals surface area contributed by atoms with Crippen molar-refractivity contribution in [1.29, 1.82) is 0 Å². The molecule has 0 aliphatic rings. The molecule has 0 heterocycles. The summed E-state index contributed by atoms with van der Waals surface area (Å²) in [5.74, 6) is -2.66. The third-order valence-corrected chi connectivity index (χ3v) is 2.47. The number of aliphatic imine (C=N–C) groups is 1. The Labute approximate surface area is 107 Å². The Morgan fingerprint density at radius 1 is 1.05 bits per heavy atom. The van der Waals surface area contributed by atoms with Gasteiger partial charge in [0.25, 0.3) is 0 Å². The molecule has 0 atom stereocenters. The van der Waals surface area contributed by atoms with Crippen LogP contribution in [0.2, 0.25) is 0 Å². The lowest BCUT2D eigenvalue weighted by molar-refractivity contribution is 0.0698. The number of para-hydroxylation sites is 1. The minimum absolute atomic E-state index is 0.0319. The van der Waals surface area contributed by atoms with Crippen LogP contribution in [0.4, 0.5) is 14.5 Å². The molecular formula is C14H9F2NO2. The summed E-state index contributed by atoms with van der Waals surface area (Å²) in [6.45, 7) is 0. The van der Waals surface area contributed by atoms with E-state index in [1.54, 1.807) is 12.1 Å². The highest BCUT2D eigenvalue weighted by Gasteiger charge is 2.09. The van der Waals surface area contributed by atoms with Gasteiger partial charge in [-0.2, -0.15) is 0 Å². The highest BCUT2D eigenvalue weighted by atomic mass is 19.1. The normalized spacial score (nSPS) is 10.8. The molecular weight excluding hydrogens is 252 g/mol. The molecule has 0 spiro atoms. The van der Waals surface area contributed by atoms with E-state index in [0.29, 0.717) is 0 Å². The van der Waals surface area contributed by atoms with Crippen molar-refractivity contribution >= 4 is 17.9 Å². The predicted molar refractivity (Wildman–Crippen MR) is 67.0 cm³/mol. The molecule has 0 saturated heterocycles. The van der Waals surface area contributed by atoms with Crippen LogP contribution in [0.15, 0.2) is 47.5 Å². The Balaban J connectivity index is 2.41. The number of hydrogen-bond donors (Lipinski definition) is 1. The summed E-state index contributed by atoms with van der Waals surface area (Å²) in [6, 6.07) is 9.42. The van der Waals surface area contributed by atoms with Crippen molar-refractivity contribution in [1.82, 2.24) is 0 Å². The molecule has 2 aromatic carbocycles. The first-order valence-corrected chi connectivity index (χ1v) is 5.40.